The summed E-state index contributed by atoms with van der Waals surface area (Å²) in [5, 5.41) is 7.44. The fourth-order valence-corrected chi connectivity index (χ4v) is 14.9. The highest BCUT2D eigenvalue weighted by molar-refractivity contribution is 7.00. The van der Waals surface area contributed by atoms with Crippen LogP contribution in [0.5, 0.6) is 0 Å². The minimum Gasteiger partial charge on any atom is -0.311 e. The number of fused-ring (bicyclic) bond motifs is 9. The van der Waals surface area contributed by atoms with Gasteiger partial charge in [-0.2, -0.15) is 0 Å². The van der Waals surface area contributed by atoms with Crippen LogP contribution in [-0.2, 0) is 16.2 Å². The second kappa shape index (κ2) is 20.7. The van der Waals surface area contributed by atoms with Crippen LogP contribution in [0.3, 0.4) is 0 Å². The number of benzene rings is 13. The molecule has 0 amide bonds. The van der Waals surface area contributed by atoms with Crippen LogP contribution in [0.4, 0.5) is 34.1 Å². The Morgan fingerprint density at radius 2 is 0.644 bits per heavy atom. The molecule has 13 aromatic carbocycles. The van der Waals surface area contributed by atoms with Gasteiger partial charge in [-0.3, -0.25) is 0 Å². The fourth-order valence-electron chi connectivity index (χ4n) is 14.9. The number of rotatable bonds is 7. The summed E-state index contributed by atoms with van der Waals surface area (Å²) >= 11 is 0. The summed E-state index contributed by atoms with van der Waals surface area (Å²) in [6, 6.07) is 104. The van der Waals surface area contributed by atoms with Crippen molar-refractivity contribution in [1.82, 2.24) is 4.57 Å². The topological polar surface area (TPSA) is 11.4 Å². The van der Waals surface area contributed by atoms with E-state index in [-0.39, 0.29) is 23.0 Å². The molecule has 16 rings (SSSR count). The first-order valence-electron chi connectivity index (χ1n) is 32.0. The maximum Gasteiger partial charge on any atom is 0.252 e. The van der Waals surface area contributed by atoms with Crippen LogP contribution < -0.4 is 26.2 Å². The minimum absolute atomic E-state index is 0.0907. The standard InChI is InChI=1S/C86H72BN3/c1-84(2,3)59-42-47-75(69(50-59)55-27-13-10-14-28-55)89-77-49-58(82-67-37-21-19-35-65(67)81(57-31-17-12-18-32-57)66-36-20-22-38-68(66)82)41-45-71(77)87-72-46-44-62(88-73-39-25-23-33-63(73)64-34-24-26-40-74(64)88)54-78(72)90(80-53-61(86(7,8)9)52-79(89)83(80)87)76-48-43-60(85(4,5)6)51-70(76)56-29-15-11-16-30-56/h10-54H,1-9H3. The number of hydrogen-bond acceptors (Lipinski definition) is 2. The average molecular weight is 1160 g/mol. The Morgan fingerprint density at radius 1 is 0.267 bits per heavy atom. The van der Waals surface area contributed by atoms with E-state index in [2.05, 4.69) is 350 Å². The first kappa shape index (κ1) is 55.2. The van der Waals surface area contributed by atoms with Gasteiger partial charge in [-0.1, -0.05) is 269 Å². The van der Waals surface area contributed by atoms with Crippen molar-refractivity contribution in [3.05, 3.63) is 290 Å². The highest BCUT2D eigenvalue weighted by Crippen LogP contribution is 2.53. The zero-order chi connectivity index (χ0) is 61.4. The van der Waals surface area contributed by atoms with Gasteiger partial charge >= 0.3 is 0 Å². The van der Waals surface area contributed by atoms with E-state index in [1.165, 1.54) is 144 Å². The molecule has 0 N–H and O–H groups in total. The van der Waals surface area contributed by atoms with Crippen LogP contribution in [0.1, 0.15) is 79.0 Å². The largest absolute Gasteiger partial charge is 0.311 e. The molecule has 3 nitrogen and oxygen atoms in total. The molecule has 0 saturated heterocycles. The second-order valence-electron chi connectivity index (χ2n) is 28.1. The molecule has 90 heavy (non-hydrogen) atoms. The van der Waals surface area contributed by atoms with E-state index < -0.39 is 0 Å². The van der Waals surface area contributed by atoms with Gasteiger partial charge in [0, 0.05) is 50.3 Å². The van der Waals surface area contributed by atoms with E-state index in [9.17, 15) is 0 Å². The van der Waals surface area contributed by atoms with Crippen LogP contribution >= 0.6 is 0 Å². The van der Waals surface area contributed by atoms with Crippen molar-refractivity contribution in [3.8, 4) is 50.2 Å². The summed E-state index contributed by atoms with van der Waals surface area (Å²) in [5.74, 6) is 0. The fraction of sp³-hybridized carbons (Fsp3) is 0.140. The van der Waals surface area contributed by atoms with E-state index in [4.69, 9.17) is 0 Å². The van der Waals surface area contributed by atoms with E-state index in [1.54, 1.807) is 0 Å². The van der Waals surface area contributed by atoms with Gasteiger partial charge in [0.2, 0.25) is 0 Å². The van der Waals surface area contributed by atoms with Gasteiger partial charge in [0.1, 0.15) is 0 Å². The predicted octanol–water partition coefficient (Wildman–Crippen LogP) is 21.7. The summed E-state index contributed by atoms with van der Waals surface area (Å²) in [5.41, 5.74) is 27.4. The predicted molar refractivity (Wildman–Crippen MR) is 388 cm³/mol. The lowest BCUT2D eigenvalue weighted by atomic mass is 9.33. The minimum atomic E-state index is -0.249. The molecule has 0 radical (unpaired) electrons. The van der Waals surface area contributed by atoms with Crippen molar-refractivity contribution in [3.63, 3.8) is 0 Å². The van der Waals surface area contributed by atoms with Crippen LogP contribution in [0, 0.1) is 0 Å². The van der Waals surface area contributed by atoms with Gasteiger partial charge in [0.25, 0.3) is 6.71 Å². The molecule has 0 unspecified atom stereocenters. The Bertz CT molecular complexity index is 5080. The Balaban J connectivity index is 1.05. The maximum atomic E-state index is 2.68. The average Bonchev–Trinajstić information content (AvgIpc) is 0.763. The Morgan fingerprint density at radius 3 is 1.09 bits per heavy atom. The van der Waals surface area contributed by atoms with Gasteiger partial charge in [-0.25, -0.2) is 0 Å². The van der Waals surface area contributed by atoms with Gasteiger partial charge < -0.3 is 14.4 Å². The molecule has 0 aliphatic carbocycles. The van der Waals surface area contributed by atoms with Crippen molar-refractivity contribution in [2.45, 2.75) is 78.6 Å². The summed E-state index contributed by atoms with van der Waals surface area (Å²) in [7, 11) is 0. The van der Waals surface area contributed by atoms with Crippen molar-refractivity contribution in [1.29, 1.82) is 0 Å². The molecule has 2 aliphatic heterocycles. The molecule has 14 aromatic rings. The molecule has 2 aliphatic rings. The molecular weight excluding hydrogens is 1090 g/mol. The smallest absolute Gasteiger partial charge is 0.252 e. The van der Waals surface area contributed by atoms with Gasteiger partial charge in [0.15, 0.2) is 0 Å². The molecule has 0 spiro atoms. The summed E-state index contributed by atoms with van der Waals surface area (Å²) in [4.78, 5) is 5.34. The summed E-state index contributed by atoms with van der Waals surface area (Å²) in [6.45, 7) is 21.0. The zero-order valence-corrected chi connectivity index (χ0v) is 52.9. The normalized spacial score (nSPS) is 13.1. The lowest BCUT2D eigenvalue weighted by Crippen LogP contribution is -2.61. The molecule has 0 bridgehead atoms. The molecule has 434 valence electrons. The van der Waals surface area contributed by atoms with Crippen molar-refractivity contribution in [2.75, 3.05) is 9.80 Å². The Labute approximate surface area is 530 Å². The first-order valence-corrected chi connectivity index (χ1v) is 32.0. The quantitative estimate of drug-likeness (QED) is 0.116. The number of anilines is 6. The highest BCUT2D eigenvalue weighted by Gasteiger charge is 2.45. The molecule has 4 heteroatoms. The van der Waals surface area contributed by atoms with Crippen LogP contribution in [0.2, 0.25) is 0 Å². The lowest BCUT2D eigenvalue weighted by molar-refractivity contribution is 0.590. The maximum absolute atomic E-state index is 2.68. The van der Waals surface area contributed by atoms with E-state index in [0.29, 0.717) is 0 Å². The first-order chi connectivity index (χ1) is 43.6. The van der Waals surface area contributed by atoms with Gasteiger partial charge in [0.05, 0.1) is 22.4 Å². The molecule has 0 fully saturated rings. The molecule has 0 atom stereocenters. The third-order valence-electron chi connectivity index (χ3n) is 19.4. The monoisotopic (exact) mass is 1160 g/mol. The summed E-state index contributed by atoms with van der Waals surface area (Å²) in [6.07, 6.45) is 0. The third-order valence-corrected chi connectivity index (χ3v) is 19.4. The van der Waals surface area contributed by atoms with Crippen molar-refractivity contribution < 1.29 is 0 Å². The lowest BCUT2D eigenvalue weighted by Gasteiger charge is -2.46. The van der Waals surface area contributed by atoms with Gasteiger partial charge in [-0.05, 0) is 171 Å². The molecule has 0 saturated carbocycles. The van der Waals surface area contributed by atoms with E-state index in [0.717, 1.165) is 17.1 Å². The van der Waals surface area contributed by atoms with Crippen molar-refractivity contribution >= 4 is 101 Å². The SMILES string of the molecule is CC(C)(C)c1ccc(N2c3cc(-c4c5ccccc5c(-c5ccccc5)c5ccccc45)ccc3B3c4ccc(-n5c6ccccc6c6ccccc65)cc4N(c4ccc(C(C)(C)C)cc4-c4ccccc4)c4cc(C(C)(C)C)cc2c43)c(-c2ccccc2)c1. The number of para-hydroxylation sites is 2. The van der Waals surface area contributed by atoms with Crippen LogP contribution in [-0.4, -0.2) is 11.3 Å². The zero-order valence-electron chi connectivity index (χ0n) is 52.9. The molecular formula is C86H72BN3. The van der Waals surface area contributed by atoms with E-state index in [1.807, 2.05) is 0 Å². The second-order valence-corrected chi connectivity index (χ2v) is 28.1. The Kier molecular flexibility index (Phi) is 12.7. The van der Waals surface area contributed by atoms with Gasteiger partial charge in [-0.15, -0.1) is 0 Å². The molecule has 1 aromatic heterocycles. The number of nitrogens with zero attached hydrogens (tertiary/aromatic N) is 3. The third kappa shape index (κ3) is 8.85. The Hall–Kier alpha value is -10.2. The summed E-state index contributed by atoms with van der Waals surface area (Å²) < 4.78 is 2.49. The molecule has 3 heterocycles. The van der Waals surface area contributed by atoms with Crippen LogP contribution in [0.15, 0.2) is 273 Å². The highest BCUT2D eigenvalue weighted by atomic mass is 15.2. The number of hydrogen-bond donors (Lipinski definition) is 0. The van der Waals surface area contributed by atoms with Crippen LogP contribution in [0.25, 0.3) is 93.5 Å². The number of aromatic nitrogens is 1. The van der Waals surface area contributed by atoms with Crippen molar-refractivity contribution in [2.24, 2.45) is 0 Å². The van der Waals surface area contributed by atoms with E-state index >= 15 is 0 Å².